The van der Waals surface area contributed by atoms with Crippen LogP contribution in [0, 0.1) is 0 Å². The number of unbranched alkanes of at least 4 members (excludes halogenated alkanes) is 11. The zero-order valence-corrected chi connectivity index (χ0v) is 22.6. The third-order valence-corrected chi connectivity index (χ3v) is 6.16. The molecule has 0 fully saturated rings. The standard InChI is InChI=1S/C31H46N2.Ni/c1-3-5-7-8-9-10-11-12-13-14-21-27-31(33-29-24-19-16-20-25-29)30(26-6-4-2)32-28-22-17-15-18-23-28;/h15-20,22-25H,3-14,21,26-27H2,1-2H3;. The molecule has 2 rings (SSSR count). The fraction of sp³-hybridized carbons (Fsp3) is 0.548. The SMILES string of the molecule is CCCCCCCCCCCCCC(=Nc1ccccc1)C(CCCC)=Nc1ccccc1.[Ni]. The minimum Gasteiger partial charge on any atom is -0.252 e. The monoisotopic (exact) mass is 504 g/mol. The van der Waals surface area contributed by atoms with E-state index < -0.39 is 0 Å². The molecule has 0 aliphatic heterocycles. The molecule has 0 atom stereocenters. The van der Waals surface area contributed by atoms with Gasteiger partial charge in [0.2, 0.25) is 0 Å². The summed E-state index contributed by atoms with van der Waals surface area (Å²) in [5, 5.41) is 0. The van der Waals surface area contributed by atoms with E-state index in [0.717, 1.165) is 30.6 Å². The fourth-order valence-electron chi connectivity index (χ4n) is 4.15. The summed E-state index contributed by atoms with van der Waals surface area (Å²) in [4.78, 5) is 10.1. The summed E-state index contributed by atoms with van der Waals surface area (Å²) in [6, 6.07) is 20.7. The van der Waals surface area contributed by atoms with Crippen molar-refractivity contribution in [3.05, 3.63) is 60.7 Å². The van der Waals surface area contributed by atoms with Gasteiger partial charge >= 0.3 is 0 Å². The second-order valence-corrected chi connectivity index (χ2v) is 9.18. The molecule has 0 saturated carbocycles. The van der Waals surface area contributed by atoms with Gasteiger partial charge in [0.1, 0.15) is 0 Å². The van der Waals surface area contributed by atoms with Crippen molar-refractivity contribution in [2.45, 2.75) is 110 Å². The second kappa shape index (κ2) is 20.6. The van der Waals surface area contributed by atoms with E-state index in [1.807, 2.05) is 0 Å². The van der Waals surface area contributed by atoms with E-state index in [-0.39, 0.29) is 16.5 Å². The van der Waals surface area contributed by atoms with Crippen LogP contribution in [-0.4, -0.2) is 11.4 Å². The summed E-state index contributed by atoms with van der Waals surface area (Å²) in [5.41, 5.74) is 4.41. The topological polar surface area (TPSA) is 24.7 Å². The van der Waals surface area contributed by atoms with Gasteiger partial charge < -0.3 is 0 Å². The van der Waals surface area contributed by atoms with Crippen molar-refractivity contribution in [3.8, 4) is 0 Å². The Balaban J connectivity index is 0.00000578. The van der Waals surface area contributed by atoms with Gasteiger partial charge in [0, 0.05) is 16.5 Å². The minimum absolute atomic E-state index is 0. The maximum absolute atomic E-state index is 5.08. The minimum atomic E-state index is 0. The third-order valence-electron chi connectivity index (χ3n) is 6.16. The van der Waals surface area contributed by atoms with Gasteiger partial charge in [0.15, 0.2) is 0 Å². The van der Waals surface area contributed by atoms with Crippen LogP contribution in [0.5, 0.6) is 0 Å². The van der Waals surface area contributed by atoms with Crippen LogP contribution in [0.25, 0.3) is 0 Å². The Morgan fingerprint density at radius 3 is 1.24 bits per heavy atom. The molecule has 34 heavy (non-hydrogen) atoms. The summed E-state index contributed by atoms with van der Waals surface area (Å²) in [6.07, 6.45) is 19.4. The zero-order valence-electron chi connectivity index (χ0n) is 21.6. The van der Waals surface area contributed by atoms with Crippen molar-refractivity contribution in [1.82, 2.24) is 0 Å². The first-order chi connectivity index (χ1) is 16.3. The van der Waals surface area contributed by atoms with Crippen molar-refractivity contribution < 1.29 is 16.5 Å². The first kappa shape index (κ1) is 30.3. The first-order valence-electron chi connectivity index (χ1n) is 13.6. The Morgan fingerprint density at radius 1 is 0.471 bits per heavy atom. The maximum Gasteiger partial charge on any atom is 0.0633 e. The molecule has 190 valence electrons. The summed E-state index contributed by atoms with van der Waals surface area (Å²) in [7, 11) is 0. The molecule has 0 N–H and O–H groups in total. The molecule has 0 amide bonds. The molecule has 0 heterocycles. The molecule has 3 heteroatoms. The van der Waals surface area contributed by atoms with Crippen LogP contribution in [0.3, 0.4) is 0 Å². The van der Waals surface area contributed by atoms with Crippen molar-refractivity contribution in [3.63, 3.8) is 0 Å². The van der Waals surface area contributed by atoms with E-state index >= 15 is 0 Å². The fourth-order valence-corrected chi connectivity index (χ4v) is 4.15. The molecule has 0 bridgehead atoms. The number of benzene rings is 2. The molecular weight excluding hydrogens is 459 g/mol. The van der Waals surface area contributed by atoms with Crippen molar-refractivity contribution in [2.75, 3.05) is 0 Å². The van der Waals surface area contributed by atoms with Gasteiger partial charge in [0.25, 0.3) is 0 Å². The molecule has 0 radical (unpaired) electrons. The smallest absolute Gasteiger partial charge is 0.0633 e. The Kier molecular flexibility index (Phi) is 18.4. The van der Waals surface area contributed by atoms with Gasteiger partial charge in [-0.3, -0.25) is 9.98 Å². The Bertz CT molecular complexity index is 784. The summed E-state index contributed by atoms with van der Waals surface area (Å²) < 4.78 is 0. The van der Waals surface area contributed by atoms with Crippen LogP contribution in [0.4, 0.5) is 11.4 Å². The van der Waals surface area contributed by atoms with Crippen LogP contribution in [0.2, 0.25) is 0 Å². The van der Waals surface area contributed by atoms with Gasteiger partial charge in [-0.15, -0.1) is 0 Å². The summed E-state index contributed by atoms with van der Waals surface area (Å²) >= 11 is 0. The van der Waals surface area contributed by atoms with Gasteiger partial charge in [-0.05, 0) is 49.9 Å². The Morgan fingerprint density at radius 2 is 0.824 bits per heavy atom. The van der Waals surface area contributed by atoms with Gasteiger partial charge in [-0.25, -0.2) is 0 Å². The number of aliphatic imine (C=N–C) groups is 2. The van der Waals surface area contributed by atoms with E-state index in [1.165, 1.54) is 88.5 Å². The van der Waals surface area contributed by atoms with E-state index in [1.54, 1.807) is 0 Å². The molecule has 2 nitrogen and oxygen atoms in total. The second-order valence-electron chi connectivity index (χ2n) is 9.18. The number of hydrogen-bond donors (Lipinski definition) is 0. The number of hydrogen-bond acceptors (Lipinski definition) is 2. The average molecular weight is 505 g/mol. The summed E-state index contributed by atoms with van der Waals surface area (Å²) in [5.74, 6) is 0. The maximum atomic E-state index is 5.08. The predicted octanol–water partition coefficient (Wildman–Crippen LogP) is 10.4. The number of nitrogens with zero attached hydrogens (tertiary/aromatic N) is 2. The van der Waals surface area contributed by atoms with E-state index in [9.17, 15) is 0 Å². The first-order valence-corrected chi connectivity index (χ1v) is 13.6. The molecule has 2 aromatic rings. The van der Waals surface area contributed by atoms with Crippen molar-refractivity contribution in [1.29, 1.82) is 0 Å². The van der Waals surface area contributed by atoms with Crippen LogP contribution in [0.1, 0.15) is 110 Å². The average Bonchev–Trinajstić information content (AvgIpc) is 2.85. The van der Waals surface area contributed by atoms with Crippen molar-refractivity contribution in [2.24, 2.45) is 9.98 Å². The molecule has 0 unspecified atom stereocenters. The number of para-hydroxylation sites is 2. The molecule has 0 spiro atoms. The van der Waals surface area contributed by atoms with E-state index in [2.05, 4.69) is 74.5 Å². The molecule has 0 aromatic heterocycles. The van der Waals surface area contributed by atoms with Gasteiger partial charge in [-0.2, -0.15) is 0 Å². The molecule has 0 aliphatic rings. The van der Waals surface area contributed by atoms with Crippen LogP contribution < -0.4 is 0 Å². The third kappa shape index (κ3) is 13.9. The van der Waals surface area contributed by atoms with Crippen LogP contribution >= 0.6 is 0 Å². The van der Waals surface area contributed by atoms with Crippen LogP contribution in [-0.2, 0) is 16.5 Å². The zero-order chi connectivity index (χ0) is 23.4. The van der Waals surface area contributed by atoms with E-state index in [4.69, 9.17) is 9.98 Å². The Labute approximate surface area is 219 Å². The van der Waals surface area contributed by atoms with Gasteiger partial charge in [-0.1, -0.05) is 121 Å². The molecule has 2 aromatic carbocycles. The van der Waals surface area contributed by atoms with Gasteiger partial charge in [0.05, 0.1) is 22.8 Å². The molecular formula is C31H46N2Ni. The quantitative estimate of drug-likeness (QED) is 0.109. The predicted molar refractivity (Wildman–Crippen MR) is 148 cm³/mol. The molecule has 0 aliphatic carbocycles. The van der Waals surface area contributed by atoms with E-state index in [0.29, 0.717) is 0 Å². The van der Waals surface area contributed by atoms with Crippen LogP contribution in [0.15, 0.2) is 70.6 Å². The summed E-state index contributed by atoms with van der Waals surface area (Å²) in [6.45, 7) is 4.54. The normalized spacial score (nSPS) is 11.9. The van der Waals surface area contributed by atoms with Crippen molar-refractivity contribution >= 4 is 22.8 Å². The number of rotatable bonds is 18. The largest absolute Gasteiger partial charge is 0.252 e. The molecule has 0 saturated heterocycles. The Hall–Kier alpha value is -1.73.